The Hall–Kier alpha value is -1.36. The third-order valence-electron chi connectivity index (χ3n) is 3.80. The summed E-state index contributed by atoms with van der Waals surface area (Å²) in [6, 6.07) is 3.61. The summed E-state index contributed by atoms with van der Waals surface area (Å²) in [5, 5.41) is 14.0. The largest absolute Gasteiger partial charge is 0.433 e. The molecule has 18 heavy (non-hydrogen) atoms. The predicted octanol–water partition coefficient (Wildman–Crippen LogP) is 3.25. The van der Waals surface area contributed by atoms with Crippen LogP contribution < -0.4 is 5.32 Å². The summed E-state index contributed by atoms with van der Waals surface area (Å²) in [6.45, 7) is 2.80. The molecule has 0 aromatic carbocycles. The van der Waals surface area contributed by atoms with Gasteiger partial charge in [-0.05, 0) is 24.8 Å². The number of hydrogen-bond acceptors (Lipinski definition) is 4. The SMILES string of the molecule is CCC1CCCCC1NCc1ccc([N+](=O)[O-])o1. The summed E-state index contributed by atoms with van der Waals surface area (Å²) in [5.41, 5.74) is 0. The van der Waals surface area contributed by atoms with Gasteiger partial charge in [-0.3, -0.25) is 10.1 Å². The third kappa shape index (κ3) is 3.10. The Labute approximate surface area is 107 Å². The minimum absolute atomic E-state index is 0.178. The number of nitrogens with one attached hydrogen (secondary N) is 1. The van der Waals surface area contributed by atoms with Crippen LogP contribution in [-0.4, -0.2) is 11.0 Å². The van der Waals surface area contributed by atoms with E-state index in [1.54, 1.807) is 6.07 Å². The standard InChI is InChI=1S/C13H20N2O3/c1-2-10-5-3-4-6-12(10)14-9-11-7-8-13(18-11)15(16)17/h7-8,10,12,14H,2-6,9H2,1H3. The molecule has 2 atom stereocenters. The van der Waals surface area contributed by atoms with E-state index in [-0.39, 0.29) is 5.88 Å². The van der Waals surface area contributed by atoms with Gasteiger partial charge in [-0.2, -0.15) is 0 Å². The third-order valence-corrected chi connectivity index (χ3v) is 3.80. The Bertz CT molecular complexity index is 403. The van der Waals surface area contributed by atoms with Crippen molar-refractivity contribution in [2.24, 2.45) is 5.92 Å². The van der Waals surface area contributed by atoms with Crippen molar-refractivity contribution in [1.82, 2.24) is 5.32 Å². The minimum Gasteiger partial charge on any atom is -0.404 e. The maximum absolute atomic E-state index is 10.5. The van der Waals surface area contributed by atoms with Gasteiger partial charge in [-0.15, -0.1) is 0 Å². The maximum atomic E-state index is 10.5. The summed E-state index contributed by atoms with van der Waals surface area (Å²) in [6.07, 6.45) is 6.26. The molecular weight excluding hydrogens is 232 g/mol. The highest BCUT2D eigenvalue weighted by atomic mass is 16.6. The van der Waals surface area contributed by atoms with Crippen LogP contribution >= 0.6 is 0 Å². The highest BCUT2D eigenvalue weighted by Crippen LogP contribution is 2.27. The lowest BCUT2D eigenvalue weighted by Crippen LogP contribution is -2.37. The van der Waals surface area contributed by atoms with Crippen molar-refractivity contribution in [1.29, 1.82) is 0 Å². The van der Waals surface area contributed by atoms with E-state index in [9.17, 15) is 10.1 Å². The molecule has 1 N–H and O–H groups in total. The van der Waals surface area contributed by atoms with Crippen LogP contribution in [0.25, 0.3) is 0 Å². The lowest BCUT2D eigenvalue weighted by Gasteiger charge is -2.31. The quantitative estimate of drug-likeness (QED) is 0.645. The molecule has 0 spiro atoms. The molecule has 0 saturated heterocycles. The van der Waals surface area contributed by atoms with Crippen LogP contribution in [0.15, 0.2) is 16.5 Å². The first-order valence-electron chi connectivity index (χ1n) is 6.67. The normalized spacial score (nSPS) is 24.1. The molecule has 1 aliphatic rings. The fraction of sp³-hybridized carbons (Fsp3) is 0.692. The number of hydrogen-bond donors (Lipinski definition) is 1. The fourth-order valence-electron chi connectivity index (χ4n) is 2.76. The monoisotopic (exact) mass is 252 g/mol. The number of nitro groups is 1. The molecule has 1 aliphatic carbocycles. The number of rotatable bonds is 5. The summed E-state index contributed by atoms with van der Waals surface area (Å²) < 4.78 is 5.14. The lowest BCUT2D eigenvalue weighted by atomic mass is 9.83. The molecule has 0 bridgehead atoms. The average molecular weight is 252 g/mol. The summed E-state index contributed by atoms with van der Waals surface area (Å²) in [4.78, 5) is 10.0. The van der Waals surface area contributed by atoms with Gasteiger partial charge in [0.05, 0.1) is 12.6 Å². The van der Waals surface area contributed by atoms with E-state index < -0.39 is 4.92 Å². The second kappa shape index (κ2) is 6.00. The average Bonchev–Trinajstić information content (AvgIpc) is 2.85. The van der Waals surface area contributed by atoms with Crippen LogP contribution in [0.5, 0.6) is 0 Å². The molecule has 1 heterocycles. The Kier molecular flexibility index (Phi) is 4.36. The molecule has 1 saturated carbocycles. The van der Waals surface area contributed by atoms with Gasteiger partial charge >= 0.3 is 5.88 Å². The predicted molar refractivity (Wildman–Crippen MR) is 68.2 cm³/mol. The summed E-state index contributed by atoms with van der Waals surface area (Å²) in [5.74, 6) is 1.19. The molecule has 100 valence electrons. The van der Waals surface area contributed by atoms with Crippen LogP contribution in [0.3, 0.4) is 0 Å². The summed E-state index contributed by atoms with van der Waals surface area (Å²) >= 11 is 0. The van der Waals surface area contributed by atoms with Gasteiger partial charge < -0.3 is 9.73 Å². The van der Waals surface area contributed by atoms with Gasteiger partial charge in [0.2, 0.25) is 0 Å². The Morgan fingerprint density at radius 3 is 2.89 bits per heavy atom. The minimum atomic E-state index is -0.501. The van der Waals surface area contributed by atoms with E-state index >= 15 is 0 Å². The van der Waals surface area contributed by atoms with Gasteiger partial charge in [-0.25, -0.2) is 0 Å². The van der Waals surface area contributed by atoms with E-state index in [2.05, 4.69) is 12.2 Å². The van der Waals surface area contributed by atoms with Crippen LogP contribution in [0.4, 0.5) is 5.88 Å². The van der Waals surface area contributed by atoms with Crippen molar-refractivity contribution in [3.8, 4) is 0 Å². The fourth-order valence-corrected chi connectivity index (χ4v) is 2.76. The molecule has 1 fully saturated rings. The first-order valence-corrected chi connectivity index (χ1v) is 6.67. The van der Waals surface area contributed by atoms with Crippen LogP contribution in [0.1, 0.15) is 44.8 Å². The van der Waals surface area contributed by atoms with Gasteiger partial charge in [0.25, 0.3) is 0 Å². The molecule has 2 rings (SSSR count). The van der Waals surface area contributed by atoms with Gasteiger partial charge in [0.15, 0.2) is 0 Å². The molecule has 0 radical (unpaired) electrons. The first kappa shape index (κ1) is 13.1. The number of nitrogens with zero attached hydrogens (tertiary/aromatic N) is 1. The highest BCUT2D eigenvalue weighted by Gasteiger charge is 2.23. The highest BCUT2D eigenvalue weighted by molar-refractivity contribution is 5.17. The second-order valence-electron chi connectivity index (χ2n) is 4.94. The van der Waals surface area contributed by atoms with Crippen LogP contribution in [0, 0.1) is 16.0 Å². The van der Waals surface area contributed by atoms with E-state index in [4.69, 9.17) is 4.42 Å². The van der Waals surface area contributed by atoms with Crippen molar-refractivity contribution in [3.63, 3.8) is 0 Å². The molecule has 1 aromatic rings. The van der Waals surface area contributed by atoms with Crippen molar-refractivity contribution >= 4 is 5.88 Å². The topological polar surface area (TPSA) is 68.3 Å². The van der Waals surface area contributed by atoms with E-state index in [1.165, 1.54) is 38.2 Å². The van der Waals surface area contributed by atoms with Crippen molar-refractivity contribution in [2.45, 2.75) is 51.6 Å². The maximum Gasteiger partial charge on any atom is 0.433 e. The lowest BCUT2D eigenvalue weighted by molar-refractivity contribution is -0.402. The van der Waals surface area contributed by atoms with Crippen LogP contribution in [-0.2, 0) is 6.54 Å². The zero-order valence-electron chi connectivity index (χ0n) is 10.7. The molecule has 2 unspecified atom stereocenters. The molecule has 5 heteroatoms. The van der Waals surface area contributed by atoms with Crippen molar-refractivity contribution in [3.05, 3.63) is 28.0 Å². The Morgan fingerprint density at radius 2 is 2.22 bits per heavy atom. The van der Waals surface area contributed by atoms with Crippen molar-refractivity contribution in [2.75, 3.05) is 0 Å². The van der Waals surface area contributed by atoms with E-state index in [0.717, 1.165) is 5.92 Å². The van der Waals surface area contributed by atoms with Gasteiger partial charge in [0.1, 0.15) is 10.7 Å². The molecule has 1 aromatic heterocycles. The molecule has 0 aliphatic heterocycles. The summed E-state index contributed by atoms with van der Waals surface area (Å²) in [7, 11) is 0. The zero-order chi connectivity index (χ0) is 13.0. The second-order valence-corrected chi connectivity index (χ2v) is 4.94. The Morgan fingerprint density at radius 1 is 1.44 bits per heavy atom. The van der Waals surface area contributed by atoms with E-state index in [1.807, 2.05) is 0 Å². The molecular formula is C13H20N2O3. The first-order chi connectivity index (χ1) is 8.70. The molecule has 0 amide bonds. The number of furan rings is 1. The Balaban J connectivity index is 1.87. The smallest absolute Gasteiger partial charge is 0.404 e. The van der Waals surface area contributed by atoms with Gasteiger partial charge in [-0.1, -0.05) is 26.2 Å². The van der Waals surface area contributed by atoms with Crippen molar-refractivity contribution < 1.29 is 9.34 Å². The molecule has 5 nitrogen and oxygen atoms in total. The van der Waals surface area contributed by atoms with Gasteiger partial charge in [0, 0.05) is 6.04 Å². The van der Waals surface area contributed by atoms with Crippen LogP contribution in [0.2, 0.25) is 0 Å². The van der Waals surface area contributed by atoms with E-state index in [0.29, 0.717) is 18.3 Å². The zero-order valence-corrected chi connectivity index (χ0v) is 10.7.